The molecule has 1 rings (SSSR count). The van der Waals surface area contributed by atoms with E-state index in [1.54, 1.807) is 12.3 Å². The standard InChI is InChI=1S/C11H19N3O2/c1-3-5-14(6-7-15)11-13-10(9-16-11)8-12-4-2/h3,9,12,15H,1,4-8H2,2H3. The van der Waals surface area contributed by atoms with E-state index in [0.29, 0.717) is 25.6 Å². The van der Waals surface area contributed by atoms with E-state index in [1.807, 2.05) is 11.8 Å². The number of hydrogen-bond acceptors (Lipinski definition) is 5. The lowest BCUT2D eigenvalue weighted by Gasteiger charge is -2.16. The van der Waals surface area contributed by atoms with Crippen molar-refractivity contribution in [1.82, 2.24) is 10.3 Å². The van der Waals surface area contributed by atoms with Gasteiger partial charge in [0.15, 0.2) is 0 Å². The molecular weight excluding hydrogens is 206 g/mol. The molecule has 0 aliphatic carbocycles. The fourth-order valence-electron chi connectivity index (χ4n) is 1.32. The first-order valence-electron chi connectivity index (χ1n) is 5.43. The van der Waals surface area contributed by atoms with Crippen molar-refractivity contribution in [3.63, 3.8) is 0 Å². The molecule has 5 nitrogen and oxygen atoms in total. The monoisotopic (exact) mass is 225 g/mol. The van der Waals surface area contributed by atoms with Crippen LogP contribution < -0.4 is 10.2 Å². The molecule has 0 bridgehead atoms. The SMILES string of the molecule is C=CCN(CCO)c1nc(CNCC)co1. The molecule has 0 saturated heterocycles. The molecule has 0 saturated carbocycles. The molecule has 0 aromatic carbocycles. The molecule has 0 unspecified atom stereocenters. The Morgan fingerprint density at radius 3 is 3.12 bits per heavy atom. The minimum absolute atomic E-state index is 0.0682. The molecule has 0 amide bonds. The third-order valence-corrected chi connectivity index (χ3v) is 2.09. The molecule has 1 heterocycles. The van der Waals surface area contributed by atoms with Gasteiger partial charge < -0.3 is 19.7 Å². The maximum atomic E-state index is 8.92. The zero-order valence-corrected chi connectivity index (χ0v) is 9.65. The number of nitrogens with zero attached hydrogens (tertiary/aromatic N) is 2. The van der Waals surface area contributed by atoms with Crippen LogP contribution in [0, 0.1) is 0 Å². The predicted octanol–water partition coefficient (Wildman–Crippen LogP) is 0.769. The van der Waals surface area contributed by atoms with Gasteiger partial charge in [0.05, 0.1) is 12.3 Å². The van der Waals surface area contributed by atoms with Gasteiger partial charge in [-0.05, 0) is 6.54 Å². The van der Waals surface area contributed by atoms with Crippen LogP contribution >= 0.6 is 0 Å². The highest BCUT2D eigenvalue weighted by molar-refractivity contribution is 5.28. The summed E-state index contributed by atoms with van der Waals surface area (Å²) in [6.45, 7) is 8.47. The Morgan fingerprint density at radius 1 is 1.69 bits per heavy atom. The summed E-state index contributed by atoms with van der Waals surface area (Å²) in [5.41, 5.74) is 0.865. The molecule has 0 atom stereocenters. The van der Waals surface area contributed by atoms with Gasteiger partial charge in [-0.3, -0.25) is 0 Å². The predicted molar refractivity (Wildman–Crippen MR) is 63.4 cm³/mol. The Labute approximate surface area is 95.8 Å². The molecule has 5 heteroatoms. The van der Waals surface area contributed by atoms with E-state index in [9.17, 15) is 0 Å². The van der Waals surface area contributed by atoms with Crippen LogP contribution in [0.4, 0.5) is 6.01 Å². The molecule has 16 heavy (non-hydrogen) atoms. The van der Waals surface area contributed by atoms with Gasteiger partial charge in [-0.15, -0.1) is 6.58 Å². The largest absolute Gasteiger partial charge is 0.432 e. The van der Waals surface area contributed by atoms with Gasteiger partial charge in [0, 0.05) is 19.6 Å². The van der Waals surface area contributed by atoms with Crippen LogP contribution in [0.5, 0.6) is 0 Å². The summed E-state index contributed by atoms with van der Waals surface area (Å²) in [7, 11) is 0. The first-order valence-corrected chi connectivity index (χ1v) is 5.43. The summed E-state index contributed by atoms with van der Waals surface area (Å²) >= 11 is 0. The van der Waals surface area contributed by atoms with Crippen molar-refractivity contribution in [2.24, 2.45) is 0 Å². The fraction of sp³-hybridized carbons (Fsp3) is 0.545. The van der Waals surface area contributed by atoms with Gasteiger partial charge in [-0.1, -0.05) is 13.0 Å². The van der Waals surface area contributed by atoms with E-state index >= 15 is 0 Å². The summed E-state index contributed by atoms with van der Waals surface area (Å²) in [6, 6.07) is 0.529. The van der Waals surface area contributed by atoms with Crippen LogP contribution in [0.3, 0.4) is 0 Å². The van der Waals surface area contributed by atoms with Crippen molar-refractivity contribution in [1.29, 1.82) is 0 Å². The Balaban J connectivity index is 2.61. The maximum absolute atomic E-state index is 8.92. The summed E-state index contributed by atoms with van der Waals surface area (Å²) in [6.07, 6.45) is 3.38. The van der Waals surface area contributed by atoms with Crippen molar-refractivity contribution in [2.45, 2.75) is 13.5 Å². The number of nitrogens with one attached hydrogen (secondary N) is 1. The van der Waals surface area contributed by atoms with Crippen LogP contribution in [0.15, 0.2) is 23.3 Å². The second kappa shape index (κ2) is 7.03. The maximum Gasteiger partial charge on any atom is 0.297 e. The molecule has 0 fully saturated rings. The molecule has 0 radical (unpaired) electrons. The lowest BCUT2D eigenvalue weighted by molar-refractivity contribution is 0.300. The zero-order chi connectivity index (χ0) is 11.8. The molecule has 2 N–H and O–H groups in total. The lowest BCUT2D eigenvalue weighted by Crippen LogP contribution is -2.27. The summed E-state index contributed by atoms with van der Waals surface area (Å²) in [4.78, 5) is 6.16. The minimum atomic E-state index is 0.0682. The van der Waals surface area contributed by atoms with E-state index in [4.69, 9.17) is 9.52 Å². The molecule has 1 aromatic heterocycles. The quantitative estimate of drug-likeness (QED) is 0.640. The zero-order valence-electron chi connectivity index (χ0n) is 9.65. The molecule has 0 aliphatic heterocycles. The highest BCUT2D eigenvalue weighted by Crippen LogP contribution is 2.13. The normalized spacial score (nSPS) is 10.4. The lowest BCUT2D eigenvalue weighted by atomic mass is 10.4. The minimum Gasteiger partial charge on any atom is -0.432 e. The van der Waals surface area contributed by atoms with Crippen LogP contribution in [-0.4, -0.2) is 36.3 Å². The highest BCUT2D eigenvalue weighted by atomic mass is 16.4. The number of anilines is 1. The Kier molecular flexibility index (Phi) is 5.60. The molecule has 0 spiro atoms. The summed E-state index contributed by atoms with van der Waals surface area (Å²) in [5, 5.41) is 12.1. The van der Waals surface area contributed by atoms with Crippen molar-refractivity contribution in [3.8, 4) is 0 Å². The van der Waals surface area contributed by atoms with Gasteiger partial charge >= 0.3 is 0 Å². The topological polar surface area (TPSA) is 61.5 Å². The average molecular weight is 225 g/mol. The van der Waals surface area contributed by atoms with Gasteiger partial charge in [0.2, 0.25) is 0 Å². The van der Waals surface area contributed by atoms with Crippen molar-refractivity contribution in [3.05, 3.63) is 24.6 Å². The number of hydrogen-bond donors (Lipinski definition) is 2. The molecule has 90 valence electrons. The second-order valence-electron chi connectivity index (χ2n) is 3.36. The Hall–Kier alpha value is -1.33. The first kappa shape index (κ1) is 12.7. The summed E-state index contributed by atoms with van der Waals surface area (Å²) in [5.74, 6) is 0. The van der Waals surface area contributed by atoms with Gasteiger partial charge in [0.25, 0.3) is 6.01 Å². The smallest absolute Gasteiger partial charge is 0.297 e. The molecule has 1 aromatic rings. The Morgan fingerprint density at radius 2 is 2.50 bits per heavy atom. The summed E-state index contributed by atoms with van der Waals surface area (Å²) < 4.78 is 5.34. The van der Waals surface area contributed by atoms with Gasteiger partial charge in [-0.25, -0.2) is 0 Å². The number of aromatic nitrogens is 1. The number of aliphatic hydroxyl groups excluding tert-OH is 1. The second-order valence-corrected chi connectivity index (χ2v) is 3.36. The first-order chi connectivity index (χ1) is 7.81. The average Bonchev–Trinajstić information content (AvgIpc) is 2.74. The highest BCUT2D eigenvalue weighted by Gasteiger charge is 2.10. The van der Waals surface area contributed by atoms with E-state index in [0.717, 1.165) is 12.2 Å². The number of rotatable bonds is 8. The van der Waals surface area contributed by atoms with Crippen molar-refractivity contribution >= 4 is 6.01 Å². The van der Waals surface area contributed by atoms with Crippen molar-refractivity contribution in [2.75, 3.05) is 31.1 Å². The van der Waals surface area contributed by atoms with E-state index in [1.165, 1.54) is 0 Å². The Bertz CT molecular complexity index is 312. The number of aliphatic hydroxyl groups is 1. The van der Waals surface area contributed by atoms with Crippen LogP contribution in [0.2, 0.25) is 0 Å². The van der Waals surface area contributed by atoms with Crippen LogP contribution in [-0.2, 0) is 6.54 Å². The van der Waals surface area contributed by atoms with E-state index in [2.05, 4.69) is 16.9 Å². The van der Waals surface area contributed by atoms with Crippen molar-refractivity contribution < 1.29 is 9.52 Å². The van der Waals surface area contributed by atoms with Crippen LogP contribution in [0.1, 0.15) is 12.6 Å². The fourth-order valence-corrected chi connectivity index (χ4v) is 1.32. The molecule has 0 aliphatic rings. The third kappa shape index (κ3) is 3.67. The van der Waals surface area contributed by atoms with E-state index < -0.39 is 0 Å². The van der Waals surface area contributed by atoms with Gasteiger partial charge in [-0.2, -0.15) is 4.98 Å². The number of oxazole rings is 1. The molecular formula is C11H19N3O2. The van der Waals surface area contributed by atoms with Crippen LogP contribution in [0.25, 0.3) is 0 Å². The van der Waals surface area contributed by atoms with E-state index in [-0.39, 0.29) is 6.61 Å². The van der Waals surface area contributed by atoms with Gasteiger partial charge in [0.1, 0.15) is 6.26 Å². The third-order valence-electron chi connectivity index (χ3n) is 2.09.